The fourth-order valence-corrected chi connectivity index (χ4v) is 3.19. The maximum Gasteiger partial charge on any atom is 0.340 e. The van der Waals surface area contributed by atoms with E-state index in [0.717, 1.165) is 5.75 Å². The molecule has 0 amide bonds. The Balaban J connectivity index is 2.25. The maximum absolute atomic E-state index is 11.3. The summed E-state index contributed by atoms with van der Waals surface area (Å²) in [6, 6.07) is 8.12. The van der Waals surface area contributed by atoms with Crippen LogP contribution in [0, 0.1) is 13.8 Å². The summed E-state index contributed by atoms with van der Waals surface area (Å²) in [4.78, 5) is 11.3. The van der Waals surface area contributed by atoms with Crippen LogP contribution in [-0.4, -0.2) is 20.9 Å². The van der Waals surface area contributed by atoms with E-state index in [0.29, 0.717) is 16.3 Å². The molecule has 1 heterocycles. The van der Waals surface area contributed by atoms with Crippen LogP contribution in [0.1, 0.15) is 27.2 Å². The number of nitrogens with zero attached hydrogens (tertiary/aromatic N) is 2. The predicted molar refractivity (Wildman–Crippen MR) is 75.6 cm³/mol. The van der Waals surface area contributed by atoms with E-state index in [1.807, 2.05) is 12.1 Å². The van der Waals surface area contributed by atoms with Crippen molar-refractivity contribution in [2.45, 2.75) is 24.6 Å². The van der Waals surface area contributed by atoms with Crippen molar-refractivity contribution in [3.05, 3.63) is 46.6 Å². The van der Waals surface area contributed by atoms with Crippen LogP contribution in [0.5, 0.6) is 0 Å². The van der Waals surface area contributed by atoms with Gasteiger partial charge in [-0.15, -0.1) is 11.8 Å². The molecule has 0 aliphatic heterocycles. The van der Waals surface area contributed by atoms with Gasteiger partial charge in [0.05, 0.1) is 5.69 Å². The largest absolute Gasteiger partial charge is 0.478 e. The fraction of sp³-hybridized carbons (Fsp3) is 0.286. The van der Waals surface area contributed by atoms with Gasteiger partial charge in [-0.2, -0.15) is 5.10 Å². The average molecular weight is 276 g/mol. The number of aromatic carboxylic acids is 1. The van der Waals surface area contributed by atoms with Gasteiger partial charge in [0.25, 0.3) is 0 Å². The van der Waals surface area contributed by atoms with Crippen molar-refractivity contribution in [2.75, 3.05) is 0 Å². The Hall–Kier alpha value is -1.75. The molecule has 0 bridgehead atoms. The summed E-state index contributed by atoms with van der Waals surface area (Å²) in [5, 5.41) is 14.1. The molecule has 0 radical (unpaired) electrons. The summed E-state index contributed by atoms with van der Waals surface area (Å²) >= 11 is 1.51. The molecule has 0 unspecified atom stereocenters. The molecule has 5 heteroatoms. The van der Waals surface area contributed by atoms with E-state index in [4.69, 9.17) is 0 Å². The molecule has 2 aromatic rings. The molecule has 1 aromatic heterocycles. The lowest BCUT2D eigenvalue weighted by Crippen LogP contribution is -2.01. The number of hydrogen-bond acceptors (Lipinski definition) is 3. The van der Waals surface area contributed by atoms with Gasteiger partial charge in [0.2, 0.25) is 0 Å². The molecule has 4 nitrogen and oxygen atoms in total. The quantitative estimate of drug-likeness (QED) is 0.872. The minimum Gasteiger partial charge on any atom is -0.478 e. The topological polar surface area (TPSA) is 55.1 Å². The molecule has 0 atom stereocenters. The van der Waals surface area contributed by atoms with Crippen LogP contribution in [0.2, 0.25) is 0 Å². The first-order valence-electron chi connectivity index (χ1n) is 5.95. The molecule has 0 saturated carbocycles. The van der Waals surface area contributed by atoms with E-state index >= 15 is 0 Å². The zero-order chi connectivity index (χ0) is 14.0. The summed E-state index contributed by atoms with van der Waals surface area (Å²) in [7, 11) is 1.78. The molecule has 0 aliphatic rings. The number of aromatic nitrogens is 2. The highest BCUT2D eigenvalue weighted by atomic mass is 32.2. The zero-order valence-electron chi connectivity index (χ0n) is 11.2. The maximum atomic E-state index is 11.3. The first-order valence-corrected chi connectivity index (χ1v) is 6.93. The number of carbonyl (C=O) groups is 1. The molecule has 100 valence electrons. The second-order valence-corrected chi connectivity index (χ2v) is 5.37. The van der Waals surface area contributed by atoms with E-state index in [9.17, 15) is 9.90 Å². The second-order valence-electron chi connectivity index (χ2n) is 4.41. The second kappa shape index (κ2) is 5.48. The minimum absolute atomic E-state index is 0.307. The Morgan fingerprint density at radius 2 is 2.05 bits per heavy atom. The number of carboxylic acid groups (broad SMARTS) is 1. The molecule has 1 N–H and O–H groups in total. The number of carboxylic acids is 1. The van der Waals surface area contributed by atoms with Crippen molar-refractivity contribution in [1.29, 1.82) is 0 Å². The Labute approximate surface area is 116 Å². The van der Waals surface area contributed by atoms with Gasteiger partial charge >= 0.3 is 5.97 Å². The van der Waals surface area contributed by atoms with Gasteiger partial charge in [0.15, 0.2) is 0 Å². The van der Waals surface area contributed by atoms with Crippen LogP contribution >= 0.6 is 11.8 Å². The number of rotatable bonds is 4. The van der Waals surface area contributed by atoms with E-state index < -0.39 is 5.97 Å². The monoisotopic (exact) mass is 276 g/mol. The number of aryl methyl sites for hydroxylation is 3. The number of thioether (sulfide) groups is 1. The molecule has 19 heavy (non-hydrogen) atoms. The number of hydrogen-bond donors (Lipinski definition) is 1. The molecular weight excluding hydrogens is 260 g/mol. The van der Waals surface area contributed by atoms with Crippen LogP contribution in [0.15, 0.2) is 29.3 Å². The van der Waals surface area contributed by atoms with Crippen molar-refractivity contribution in [1.82, 2.24) is 9.78 Å². The smallest absolute Gasteiger partial charge is 0.340 e. The summed E-state index contributed by atoms with van der Waals surface area (Å²) < 4.78 is 1.64. The lowest BCUT2D eigenvalue weighted by Gasteiger charge is -2.06. The van der Waals surface area contributed by atoms with Crippen LogP contribution in [0.4, 0.5) is 0 Å². The molecule has 2 rings (SSSR count). The number of benzene rings is 1. The Kier molecular flexibility index (Phi) is 3.95. The minimum atomic E-state index is -0.919. The standard InChI is InChI=1S/C14H16N2O2S/c1-9-6-4-5-7-11(9)8-19-13-12(14(17)18)10(2)15-16(13)3/h4-7H,8H2,1-3H3,(H,17,18). The van der Waals surface area contributed by atoms with Gasteiger partial charge in [0.1, 0.15) is 10.6 Å². The summed E-state index contributed by atoms with van der Waals surface area (Å²) in [6.07, 6.45) is 0. The van der Waals surface area contributed by atoms with Gasteiger partial charge in [-0.25, -0.2) is 4.79 Å². The molecule has 1 aromatic carbocycles. The summed E-state index contributed by atoms with van der Waals surface area (Å²) in [5.74, 6) is -0.177. The van der Waals surface area contributed by atoms with Crippen molar-refractivity contribution >= 4 is 17.7 Å². The van der Waals surface area contributed by atoms with Crippen molar-refractivity contribution < 1.29 is 9.90 Å². The first-order chi connectivity index (χ1) is 9.00. The predicted octanol–water partition coefficient (Wildman–Crippen LogP) is 3.03. The molecule has 0 aliphatic carbocycles. The van der Waals surface area contributed by atoms with Gasteiger partial charge in [-0.05, 0) is 25.0 Å². The highest BCUT2D eigenvalue weighted by Crippen LogP contribution is 2.28. The summed E-state index contributed by atoms with van der Waals surface area (Å²) in [5.41, 5.74) is 3.29. The molecular formula is C14H16N2O2S. The van der Waals surface area contributed by atoms with E-state index in [-0.39, 0.29) is 0 Å². The summed E-state index contributed by atoms with van der Waals surface area (Å²) in [6.45, 7) is 3.78. The first kappa shape index (κ1) is 13.7. The highest BCUT2D eigenvalue weighted by Gasteiger charge is 2.19. The van der Waals surface area contributed by atoms with Crippen LogP contribution in [-0.2, 0) is 12.8 Å². The lowest BCUT2D eigenvalue weighted by molar-refractivity contribution is 0.0692. The van der Waals surface area contributed by atoms with Gasteiger partial charge in [-0.3, -0.25) is 4.68 Å². The molecule has 0 spiro atoms. The van der Waals surface area contributed by atoms with Crippen LogP contribution in [0.25, 0.3) is 0 Å². The van der Waals surface area contributed by atoms with Crippen LogP contribution in [0.3, 0.4) is 0 Å². The normalized spacial score (nSPS) is 10.7. The Morgan fingerprint density at radius 3 is 2.68 bits per heavy atom. The highest BCUT2D eigenvalue weighted by molar-refractivity contribution is 7.98. The third kappa shape index (κ3) is 2.81. The van der Waals surface area contributed by atoms with Crippen molar-refractivity contribution in [3.63, 3.8) is 0 Å². The third-order valence-electron chi connectivity index (χ3n) is 3.01. The van der Waals surface area contributed by atoms with Gasteiger partial charge in [0, 0.05) is 12.8 Å². The fourth-order valence-electron chi connectivity index (χ4n) is 1.97. The van der Waals surface area contributed by atoms with E-state index in [1.54, 1.807) is 18.7 Å². The van der Waals surface area contributed by atoms with Gasteiger partial charge < -0.3 is 5.11 Å². The van der Waals surface area contributed by atoms with Gasteiger partial charge in [-0.1, -0.05) is 24.3 Å². The third-order valence-corrected chi connectivity index (χ3v) is 4.21. The van der Waals surface area contributed by atoms with E-state index in [2.05, 4.69) is 24.2 Å². The zero-order valence-corrected chi connectivity index (χ0v) is 12.0. The Bertz CT molecular complexity index is 620. The average Bonchev–Trinajstić information content (AvgIpc) is 2.63. The van der Waals surface area contributed by atoms with Crippen molar-refractivity contribution in [3.8, 4) is 0 Å². The SMILES string of the molecule is Cc1ccccc1CSc1c(C(=O)O)c(C)nn1C. The Morgan fingerprint density at radius 1 is 1.37 bits per heavy atom. The van der Waals surface area contributed by atoms with Crippen molar-refractivity contribution in [2.24, 2.45) is 7.05 Å². The molecule has 0 saturated heterocycles. The van der Waals surface area contributed by atoms with Crippen LogP contribution < -0.4 is 0 Å². The lowest BCUT2D eigenvalue weighted by atomic mass is 10.1. The van der Waals surface area contributed by atoms with E-state index in [1.165, 1.54) is 22.9 Å². The molecule has 0 fully saturated rings.